The van der Waals surface area contributed by atoms with Gasteiger partial charge in [0.1, 0.15) is 19.8 Å². The van der Waals surface area contributed by atoms with Gasteiger partial charge in [0.25, 0.3) is 0 Å². The minimum Gasteiger partial charge on any atom is -1.00 e. The number of hydrogen-bond acceptors (Lipinski definition) is 5. The highest BCUT2D eigenvalue weighted by molar-refractivity contribution is 14.0. The summed E-state index contributed by atoms with van der Waals surface area (Å²) in [5.41, 5.74) is 0.876. The summed E-state index contributed by atoms with van der Waals surface area (Å²) in [6.07, 6.45) is 4.54. The molecule has 39 heavy (non-hydrogen) atoms. The molecule has 0 aliphatic rings. The second kappa shape index (κ2) is 20.2. The highest BCUT2D eigenvalue weighted by Gasteiger charge is 2.32. The van der Waals surface area contributed by atoms with Crippen molar-refractivity contribution in [1.82, 2.24) is 0 Å². The van der Waals surface area contributed by atoms with Gasteiger partial charge in [-0.05, 0) is 77.8 Å². The van der Waals surface area contributed by atoms with Crippen molar-refractivity contribution in [2.45, 2.75) is 77.8 Å². The summed E-state index contributed by atoms with van der Waals surface area (Å²) >= 11 is 0. The second-order valence-electron chi connectivity index (χ2n) is 12.8. The Morgan fingerprint density at radius 2 is 1.10 bits per heavy atom. The fraction of sp³-hybridized carbons (Fsp3) is 0.750. The average Bonchev–Trinajstić information content (AvgIpc) is 2.73. The normalized spacial score (nSPS) is 13.4. The average molecular weight is 813 g/mol. The Bertz CT molecular complexity index is 713. The SMILES string of the molecule is C=C(C)C(=O)OCC[N+]([CH2-])(C)CCCC[Si](C)(C)O[Si](C)(C)CCCC[N+](C)(C)CCOC(=O)C(=C)C.I.[I-]. The number of halogens is 2. The molecule has 0 saturated heterocycles. The first-order chi connectivity index (χ1) is 16.8. The molecule has 11 heteroatoms. The molecule has 0 aromatic rings. The number of hydrogen-bond donors (Lipinski definition) is 0. The van der Waals surface area contributed by atoms with E-state index in [4.69, 9.17) is 13.6 Å². The molecule has 0 radical (unpaired) electrons. The van der Waals surface area contributed by atoms with Gasteiger partial charge in [-0.3, -0.25) is 0 Å². The molecule has 0 N–H and O–H groups in total. The van der Waals surface area contributed by atoms with Crippen LogP contribution in [0.2, 0.25) is 38.3 Å². The predicted molar refractivity (Wildman–Crippen MR) is 174 cm³/mol. The van der Waals surface area contributed by atoms with Crippen LogP contribution in [0.15, 0.2) is 24.3 Å². The molecule has 7 nitrogen and oxygen atoms in total. The molecule has 0 bridgehead atoms. The van der Waals surface area contributed by atoms with Gasteiger partial charge in [0.05, 0.1) is 33.7 Å². The minimum atomic E-state index is -1.73. The lowest BCUT2D eigenvalue weighted by atomic mass is 10.3. The van der Waals surface area contributed by atoms with Crippen molar-refractivity contribution in [2.75, 3.05) is 60.5 Å². The molecule has 0 spiro atoms. The van der Waals surface area contributed by atoms with Crippen molar-refractivity contribution in [3.05, 3.63) is 31.4 Å². The van der Waals surface area contributed by atoms with Crippen LogP contribution in [0.5, 0.6) is 0 Å². The topological polar surface area (TPSA) is 61.8 Å². The van der Waals surface area contributed by atoms with Crippen LogP contribution in [0.3, 0.4) is 0 Å². The summed E-state index contributed by atoms with van der Waals surface area (Å²) in [6.45, 7) is 24.3. The Morgan fingerprint density at radius 1 is 0.718 bits per heavy atom. The van der Waals surface area contributed by atoms with Gasteiger partial charge < -0.3 is 46.5 Å². The molecule has 0 aromatic heterocycles. The van der Waals surface area contributed by atoms with Crippen LogP contribution in [0, 0.1) is 7.05 Å². The van der Waals surface area contributed by atoms with Crippen LogP contribution in [0.1, 0.15) is 39.5 Å². The van der Waals surface area contributed by atoms with E-state index in [0.717, 1.165) is 49.4 Å². The van der Waals surface area contributed by atoms with Gasteiger partial charge in [0, 0.05) is 18.2 Å². The maximum atomic E-state index is 11.6. The molecule has 1 unspecified atom stereocenters. The minimum absolute atomic E-state index is 0. The zero-order valence-corrected chi connectivity index (χ0v) is 32.8. The van der Waals surface area contributed by atoms with Crippen molar-refractivity contribution in [2.24, 2.45) is 0 Å². The first kappa shape index (κ1) is 43.6. The van der Waals surface area contributed by atoms with E-state index in [2.05, 4.69) is 67.5 Å². The van der Waals surface area contributed by atoms with Gasteiger partial charge >= 0.3 is 11.9 Å². The highest BCUT2D eigenvalue weighted by atomic mass is 127. The summed E-state index contributed by atoms with van der Waals surface area (Å²) in [5.74, 6) is -0.640. The molecule has 1 atom stereocenters. The van der Waals surface area contributed by atoms with E-state index in [1.807, 2.05) is 0 Å². The van der Waals surface area contributed by atoms with E-state index in [9.17, 15) is 9.59 Å². The monoisotopic (exact) mass is 812 g/mol. The number of unbranched alkanes of at least 4 members (excludes halogenated alkanes) is 2. The molecular formula is C28H58I2N2O5Si2. The number of nitrogens with zero attached hydrogens (tertiary/aromatic N) is 2. The summed E-state index contributed by atoms with van der Waals surface area (Å²) in [5, 5.41) is 0. The fourth-order valence-corrected chi connectivity index (χ4v) is 13.2. The van der Waals surface area contributed by atoms with Crippen LogP contribution in [0.4, 0.5) is 0 Å². The lowest BCUT2D eigenvalue weighted by Crippen LogP contribution is -3.00. The van der Waals surface area contributed by atoms with Crippen LogP contribution >= 0.6 is 24.0 Å². The number of carbonyl (C=O) groups excluding carboxylic acids is 2. The van der Waals surface area contributed by atoms with Crippen LogP contribution < -0.4 is 24.0 Å². The van der Waals surface area contributed by atoms with Gasteiger partial charge in [0.2, 0.25) is 0 Å². The number of esters is 2. The number of ether oxygens (including phenoxy) is 2. The van der Waals surface area contributed by atoms with Crippen molar-refractivity contribution in [1.29, 1.82) is 0 Å². The lowest BCUT2D eigenvalue weighted by molar-refractivity contribution is -0.890. The Morgan fingerprint density at radius 3 is 1.51 bits per heavy atom. The van der Waals surface area contributed by atoms with E-state index in [0.29, 0.717) is 35.4 Å². The first-order valence-corrected chi connectivity index (χ1v) is 19.9. The molecule has 0 aliphatic heterocycles. The fourth-order valence-electron chi connectivity index (χ4n) is 4.20. The van der Waals surface area contributed by atoms with E-state index in [1.165, 1.54) is 12.5 Å². The zero-order chi connectivity index (χ0) is 28.9. The number of quaternary nitrogens is 2. The Hall–Kier alpha value is 0.194. The standard InChI is InChI=1S/C28H57N2O5Si2.2HI/c1-25(2)27(31)33-21-19-29(5,6)17-13-15-23-36(9,10)35-37(11,12)24-16-14-18-30(7,8)20-22-34-28(32)26(3)4;;/h1,3,5,13-24H2,2,4,6-12H3;2*1H/q+1;;/p-1. The third kappa shape index (κ3) is 23.4. The quantitative estimate of drug-likeness (QED) is 0.0360. The summed E-state index contributed by atoms with van der Waals surface area (Å²) in [7, 11) is 7.29. The van der Waals surface area contributed by atoms with Gasteiger partial charge in [-0.1, -0.05) is 13.2 Å². The number of rotatable bonds is 20. The largest absolute Gasteiger partial charge is 1.00 e. The Kier molecular flexibility index (Phi) is 22.6. The molecule has 0 aromatic carbocycles. The molecule has 0 fully saturated rings. The van der Waals surface area contributed by atoms with E-state index >= 15 is 0 Å². The van der Waals surface area contributed by atoms with Gasteiger partial charge in [0.15, 0.2) is 16.6 Å². The smallest absolute Gasteiger partial charge is 0.333 e. The molecule has 232 valence electrons. The van der Waals surface area contributed by atoms with Crippen molar-refractivity contribution < 1.29 is 56.1 Å². The third-order valence-corrected chi connectivity index (χ3v) is 14.1. The van der Waals surface area contributed by atoms with Gasteiger partial charge in [-0.2, -0.15) is 0 Å². The maximum Gasteiger partial charge on any atom is 0.333 e. The van der Waals surface area contributed by atoms with E-state index in [1.54, 1.807) is 13.8 Å². The second-order valence-corrected chi connectivity index (χ2v) is 21.7. The van der Waals surface area contributed by atoms with Crippen molar-refractivity contribution >= 4 is 52.6 Å². The molecule has 0 heterocycles. The summed E-state index contributed by atoms with van der Waals surface area (Å²) in [4.78, 5) is 23.1. The Labute approximate surface area is 276 Å². The van der Waals surface area contributed by atoms with Gasteiger partial charge in [-0.25, -0.2) is 9.59 Å². The number of carbonyl (C=O) groups is 2. The van der Waals surface area contributed by atoms with E-state index < -0.39 is 16.6 Å². The van der Waals surface area contributed by atoms with E-state index in [-0.39, 0.29) is 59.9 Å². The maximum absolute atomic E-state index is 11.6. The number of likely N-dealkylation sites (N-methyl/N-ethyl adjacent to an activating group) is 2. The third-order valence-electron chi connectivity index (χ3n) is 6.56. The molecule has 0 saturated carbocycles. The molecule has 0 amide bonds. The molecule has 0 aliphatic carbocycles. The zero-order valence-electron chi connectivity index (χ0n) is 26.3. The Balaban J connectivity index is -0.00000648. The molecule has 0 rings (SSSR count). The van der Waals surface area contributed by atoms with Gasteiger partial charge in [-0.15, -0.1) is 31.0 Å². The van der Waals surface area contributed by atoms with Crippen molar-refractivity contribution in [3.63, 3.8) is 0 Å². The van der Waals surface area contributed by atoms with Crippen LogP contribution in [-0.2, 0) is 23.2 Å². The van der Waals surface area contributed by atoms with Crippen LogP contribution in [0.25, 0.3) is 0 Å². The van der Waals surface area contributed by atoms with Crippen molar-refractivity contribution in [3.8, 4) is 0 Å². The summed E-state index contributed by atoms with van der Waals surface area (Å²) < 4.78 is 18.8. The predicted octanol–water partition coefficient (Wildman–Crippen LogP) is 3.15. The lowest BCUT2D eigenvalue weighted by Gasteiger charge is -2.38. The molecular weight excluding hydrogens is 754 g/mol. The van der Waals surface area contributed by atoms with Crippen LogP contribution in [-0.4, -0.2) is 98.1 Å². The first-order valence-electron chi connectivity index (χ1n) is 13.6. The summed E-state index contributed by atoms with van der Waals surface area (Å²) in [6, 6.07) is 2.33. The highest BCUT2D eigenvalue weighted by Crippen LogP contribution is 2.25.